The number of carbonyl (C=O) groups excluding carboxylic acids is 1. The number of fused-ring (bicyclic) bond motifs is 1. The minimum Gasteiger partial charge on any atom is -0.296 e. The van der Waals surface area contributed by atoms with Gasteiger partial charge < -0.3 is 0 Å². The highest BCUT2D eigenvalue weighted by Gasteiger charge is 2.31. The Morgan fingerprint density at radius 3 is 2.57 bits per heavy atom. The van der Waals surface area contributed by atoms with Crippen molar-refractivity contribution in [2.75, 3.05) is 10.7 Å². The molecule has 6 heteroatoms. The molecule has 1 fully saturated rings. The van der Waals surface area contributed by atoms with E-state index < -0.39 is 0 Å². The Labute approximate surface area is 183 Å². The number of anilines is 1. The van der Waals surface area contributed by atoms with E-state index >= 15 is 0 Å². The van der Waals surface area contributed by atoms with Crippen LogP contribution >= 0.6 is 23.4 Å². The smallest absolute Gasteiger partial charge is 0.229 e. The second-order valence-electron chi connectivity index (χ2n) is 7.08. The van der Waals surface area contributed by atoms with Crippen molar-refractivity contribution in [2.45, 2.75) is 11.8 Å². The highest BCUT2D eigenvalue weighted by molar-refractivity contribution is 7.99. The zero-order chi connectivity index (χ0) is 20.5. The van der Waals surface area contributed by atoms with Crippen molar-refractivity contribution in [2.24, 2.45) is 0 Å². The summed E-state index contributed by atoms with van der Waals surface area (Å²) in [5, 5.41) is 1.65. The van der Waals surface area contributed by atoms with Crippen LogP contribution in [0.5, 0.6) is 0 Å². The number of thioether (sulfide) groups is 1. The third-order valence-electron chi connectivity index (χ3n) is 5.16. The molecule has 1 aliphatic rings. The lowest BCUT2D eigenvalue weighted by atomic mass is 10.1. The van der Waals surface area contributed by atoms with E-state index in [9.17, 15) is 4.79 Å². The largest absolute Gasteiger partial charge is 0.296 e. The van der Waals surface area contributed by atoms with Crippen LogP contribution in [0, 0.1) is 0 Å². The van der Waals surface area contributed by atoms with Gasteiger partial charge >= 0.3 is 0 Å². The molecule has 0 N–H and O–H groups in total. The number of nitrogens with zero attached hydrogens (tertiary/aromatic N) is 3. The number of hydrogen-bond acceptors (Lipinski definition) is 4. The molecule has 3 heterocycles. The van der Waals surface area contributed by atoms with Gasteiger partial charge in [-0.15, -0.1) is 11.8 Å². The Morgan fingerprint density at radius 2 is 1.77 bits per heavy atom. The molecule has 1 amide bonds. The van der Waals surface area contributed by atoms with Crippen LogP contribution in [0.2, 0.25) is 5.02 Å². The van der Waals surface area contributed by atoms with Crippen LogP contribution in [0.15, 0.2) is 79.0 Å². The van der Waals surface area contributed by atoms with E-state index in [1.807, 2.05) is 77.7 Å². The van der Waals surface area contributed by atoms with Crippen LogP contribution in [0.1, 0.15) is 17.4 Å². The first-order valence-electron chi connectivity index (χ1n) is 9.70. The molecule has 0 radical (unpaired) electrons. The van der Waals surface area contributed by atoms with Crippen LogP contribution in [0.3, 0.4) is 0 Å². The molecule has 0 aliphatic carbocycles. The normalized spacial score (nSPS) is 16.8. The van der Waals surface area contributed by atoms with Crippen molar-refractivity contribution >= 4 is 46.0 Å². The van der Waals surface area contributed by atoms with E-state index in [0.29, 0.717) is 11.4 Å². The first-order valence-corrected chi connectivity index (χ1v) is 11.1. The van der Waals surface area contributed by atoms with E-state index in [4.69, 9.17) is 11.6 Å². The summed E-state index contributed by atoms with van der Waals surface area (Å²) < 4.78 is 0. The van der Waals surface area contributed by atoms with Gasteiger partial charge in [0.1, 0.15) is 5.37 Å². The summed E-state index contributed by atoms with van der Waals surface area (Å²) in [7, 11) is 0. The van der Waals surface area contributed by atoms with Crippen molar-refractivity contribution < 1.29 is 4.79 Å². The van der Waals surface area contributed by atoms with Gasteiger partial charge in [-0.2, -0.15) is 0 Å². The number of benzene rings is 2. The van der Waals surface area contributed by atoms with Gasteiger partial charge in [0.05, 0.1) is 5.69 Å². The molecule has 5 rings (SSSR count). The number of carbonyl (C=O) groups is 1. The first kappa shape index (κ1) is 19.1. The van der Waals surface area contributed by atoms with Crippen molar-refractivity contribution in [1.82, 2.24) is 9.97 Å². The maximum absolute atomic E-state index is 12.8. The molecule has 148 valence electrons. The fraction of sp³-hybridized carbons (Fsp3) is 0.125. The van der Waals surface area contributed by atoms with Crippen molar-refractivity contribution in [1.29, 1.82) is 0 Å². The number of pyridine rings is 2. The Kier molecular flexibility index (Phi) is 5.15. The average Bonchev–Trinajstić information content (AvgIpc) is 2.79. The molecule has 1 saturated heterocycles. The molecule has 30 heavy (non-hydrogen) atoms. The van der Waals surface area contributed by atoms with Crippen molar-refractivity contribution in [3.63, 3.8) is 0 Å². The molecule has 1 atom stereocenters. The van der Waals surface area contributed by atoms with E-state index in [0.717, 1.165) is 39.3 Å². The van der Waals surface area contributed by atoms with Crippen LogP contribution in [0.25, 0.3) is 22.3 Å². The summed E-state index contributed by atoms with van der Waals surface area (Å²) in [6, 6.07) is 23.7. The van der Waals surface area contributed by atoms with Gasteiger partial charge in [-0.25, -0.2) is 9.97 Å². The maximum atomic E-state index is 12.8. The minimum atomic E-state index is -0.0580. The summed E-state index contributed by atoms with van der Waals surface area (Å²) in [5.74, 6) is 0.948. The molecule has 2 aromatic heterocycles. The number of amides is 1. The summed E-state index contributed by atoms with van der Waals surface area (Å²) in [4.78, 5) is 23.7. The Hall–Kier alpha value is -2.89. The Morgan fingerprint density at radius 1 is 0.967 bits per heavy atom. The summed E-state index contributed by atoms with van der Waals surface area (Å²) >= 11 is 7.82. The highest BCUT2D eigenvalue weighted by Crippen LogP contribution is 2.41. The van der Waals surface area contributed by atoms with Crippen LogP contribution in [-0.2, 0) is 4.79 Å². The molecule has 1 unspecified atom stereocenters. The lowest BCUT2D eigenvalue weighted by molar-refractivity contribution is -0.118. The zero-order valence-electron chi connectivity index (χ0n) is 16.0. The van der Waals surface area contributed by atoms with E-state index in [2.05, 4.69) is 9.97 Å². The molecule has 2 aromatic carbocycles. The number of hydrogen-bond donors (Lipinski definition) is 0. The second-order valence-corrected chi connectivity index (χ2v) is 8.71. The molecule has 0 saturated carbocycles. The van der Waals surface area contributed by atoms with Gasteiger partial charge in [0.2, 0.25) is 5.91 Å². The minimum absolute atomic E-state index is 0.0580. The number of halogens is 1. The lowest BCUT2D eigenvalue weighted by Gasteiger charge is -2.35. The highest BCUT2D eigenvalue weighted by atomic mass is 35.5. The molecular weight excluding hydrogens is 414 g/mol. The quantitative estimate of drug-likeness (QED) is 0.392. The molecule has 0 bridgehead atoms. The number of rotatable bonds is 3. The van der Waals surface area contributed by atoms with E-state index in [1.165, 1.54) is 0 Å². The lowest BCUT2D eigenvalue weighted by Crippen LogP contribution is -2.37. The average molecular weight is 432 g/mol. The number of aromatic nitrogens is 2. The standard InChI is InChI=1S/C24H18ClN3OS/c25-19-8-3-18(4-9-19)24-28(22(29)13-15-30-24)20-10-5-16(6-11-20)21-12-7-17-2-1-14-26-23(17)27-21/h1-12,14,24H,13,15H2. The molecular formula is C24H18ClN3OS. The topological polar surface area (TPSA) is 46.1 Å². The summed E-state index contributed by atoms with van der Waals surface area (Å²) in [5.41, 5.74) is 4.54. The van der Waals surface area contributed by atoms with Gasteiger partial charge in [0, 0.05) is 40.0 Å². The summed E-state index contributed by atoms with van der Waals surface area (Å²) in [6.07, 6.45) is 2.28. The monoisotopic (exact) mass is 431 g/mol. The van der Waals surface area contributed by atoms with Gasteiger partial charge in [0.25, 0.3) is 0 Å². The van der Waals surface area contributed by atoms with Gasteiger partial charge in [-0.3, -0.25) is 9.69 Å². The summed E-state index contributed by atoms with van der Waals surface area (Å²) in [6.45, 7) is 0. The Balaban J connectivity index is 1.47. The third-order valence-corrected chi connectivity index (χ3v) is 6.65. The van der Waals surface area contributed by atoms with Gasteiger partial charge in [0.15, 0.2) is 5.65 Å². The second kappa shape index (κ2) is 8.09. The predicted molar refractivity (Wildman–Crippen MR) is 124 cm³/mol. The molecule has 4 nitrogen and oxygen atoms in total. The fourth-order valence-corrected chi connectivity index (χ4v) is 5.02. The maximum Gasteiger partial charge on any atom is 0.229 e. The Bertz CT molecular complexity index is 1210. The van der Waals surface area contributed by atoms with Gasteiger partial charge in [-0.1, -0.05) is 35.9 Å². The molecule has 0 spiro atoms. The third kappa shape index (κ3) is 3.66. The molecule has 1 aliphatic heterocycles. The van der Waals surface area contributed by atoms with Gasteiger partial charge in [-0.05, 0) is 54.1 Å². The predicted octanol–water partition coefficient (Wildman–Crippen LogP) is 6.12. The van der Waals surface area contributed by atoms with E-state index in [1.54, 1.807) is 18.0 Å². The SMILES string of the molecule is O=C1CCSC(c2ccc(Cl)cc2)N1c1ccc(-c2ccc3cccnc3n2)cc1. The molecule has 4 aromatic rings. The van der Waals surface area contributed by atoms with Crippen LogP contribution in [0.4, 0.5) is 5.69 Å². The zero-order valence-corrected chi connectivity index (χ0v) is 17.6. The first-order chi connectivity index (χ1) is 14.7. The van der Waals surface area contributed by atoms with Crippen molar-refractivity contribution in [3.8, 4) is 11.3 Å². The van der Waals surface area contributed by atoms with Crippen LogP contribution in [-0.4, -0.2) is 21.6 Å². The fourth-order valence-electron chi connectivity index (χ4n) is 3.64. The van der Waals surface area contributed by atoms with Crippen LogP contribution < -0.4 is 4.90 Å². The van der Waals surface area contributed by atoms with Crippen molar-refractivity contribution in [3.05, 3.63) is 89.6 Å². The van der Waals surface area contributed by atoms with E-state index in [-0.39, 0.29) is 11.3 Å².